The zero-order valence-electron chi connectivity index (χ0n) is 21.2. The van der Waals surface area contributed by atoms with Crippen molar-refractivity contribution in [3.8, 4) is 0 Å². The van der Waals surface area contributed by atoms with Crippen molar-refractivity contribution in [2.45, 2.75) is 57.7 Å². The zero-order chi connectivity index (χ0) is 25.5. The van der Waals surface area contributed by atoms with Crippen molar-refractivity contribution in [2.75, 3.05) is 6.61 Å². The first kappa shape index (κ1) is 27.1. The molecule has 35 heavy (non-hydrogen) atoms. The normalized spacial score (nSPS) is 14.8. The van der Waals surface area contributed by atoms with Gasteiger partial charge in [-0.2, -0.15) is 0 Å². The van der Waals surface area contributed by atoms with E-state index in [0.717, 1.165) is 15.9 Å². The van der Waals surface area contributed by atoms with Crippen LogP contribution in [0.15, 0.2) is 103 Å². The summed E-state index contributed by atoms with van der Waals surface area (Å²) in [5.41, 5.74) is 1.50. The van der Waals surface area contributed by atoms with Crippen LogP contribution in [0.25, 0.3) is 0 Å². The molecule has 5 heteroatoms. The zero-order valence-corrected chi connectivity index (χ0v) is 22.2. The molecule has 0 aliphatic rings. The molecule has 0 aliphatic heterocycles. The first-order valence-electron chi connectivity index (χ1n) is 12.1. The topological polar surface area (TPSA) is 58.9 Å². The summed E-state index contributed by atoms with van der Waals surface area (Å²) in [7, 11) is -2.83. The van der Waals surface area contributed by atoms with Gasteiger partial charge < -0.3 is 19.4 Å². The highest BCUT2D eigenvalue weighted by Gasteiger charge is 2.50. The molecule has 0 heterocycles. The van der Waals surface area contributed by atoms with Gasteiger partial charge in [-0.3, -0.25) is 0 Å². The number of rotatable bonds is 11. The second-order valence-corrected chi connectivity index (χ2v) is 14.4. The number of hydrogen-bond acceptors (Lipinski definition) is 4. The van der Waals surface area contributed by atoms with Gasteiger partial charge in [0.1, 0.15) is 18.3 Å². The van der Waals surface area contributed by atoms with Crippen LogP contribution in [-0.2, 0) is 15.8 Å². The van der Waals surface area contributed by atoms with Crippen LogP contribution in [0, 0.1) is 0 Å². The third kappa shape index (κ3) is 6.37. The molecule has 2 N–H and O–H groups in total. The molecule has 0 bridgehead atoms. The Labute approximate surface area is 211 Å². The molecule has 0 saturated heterocycles. The molecule has 0 radical (unpaired) electrons. The second-order valence-electron chi connectivity index (χ2n) is 10.1. The molecule has 186 valence electrons. The van der Waals surface area contributed by atoms with Gasteiger partial charge in [-0.1, -0.05) is 118 Å². The Morgan fingerprint density at radius 1 is 0.829 bits per heavy atom. The maximum Gasteiger partial charge on any atom is 0.261 e. The largest absolute Gasteiger partial charge is 0.405 e. The van der Waals surface area contributed by atoms with E-state index >= 15 is 0 Å². The van der Waals surface area contributed by atoms with E-state index in [4.69, 9.17) is 9.16 Å². The molecule has 0 saturated carbocycles. The Bertz CT molecular complexity index is 1010. The second kappa shape index (κ2) is 11.9. The predicted octanol–water partition coefficient (Wildman–Crippen LogP) is 4.45. The van der Waals surface area contributed by atoms with E-state index in [0.29, 0.717) is 5.57 Å². The Morgan fingerprint density at radius 3 is 1.71 bits per heavy atom. The van der Waals surface area contributed by atoms with Crippen molar-refractivity contribution in [3.63, 3.8) is 0 Å². The lowest BCUT2D eigenvalue weighted by Crippen LogP contribution is -2.67. The molecule has 0 aromatic heterocycles. The quantitative estimate of drug-likeness (QED) is 0.308. The number of benzene rings is 3. The fourth-order valence-corrected chi connectivity index (χ4v) is 9.10. The maximum atomic E-state index is 11.3. The van der Waals surface area contributed by atoms with Crippen molar-refractivity contribution >= 4 is 18.7 Å². The van der Waals surface area contributed by atoms with Crippen molar-refractivity contribution < 1.29 is 19.4 Å². The highest BCUT2D eigenvalue weighted by Crippen LogP contribution is 2.37. The van der Waals surface area contributed by atoms with Gasteiger partial charge in [0, 0.05) is 0 Å². The van der Waals surface area contributed by atoms with Gasteiger partial charge in [-0.05, 0) is 33.5 Å². The maximum absolute atomic E-state index is 11.3. The highest BCUT2D eigenvalue weighted by molar-refractivity contribution is 6.99. The van der Waals surface area contributed by atoms with Gasteiger partial charge in [0.25, 0.3) is 8.32 Å². The molecule has 0 aliphatic carbocycles. The summed E-state index contributed by atoms with van der Waals surface area (Å²) >= 11 is 0. The van der Waals surface area contributed by atoms with Gasteiger partial charge in [0.15, 0.2) is 0 Å². The van der Waals surface area contributed by atoms with Crippen molar-refractivity contribution in [1.82, 2.24) is 0 Å². The Balaban J connectivity index is 1.92. The molecule has 3 aromatic rings. The van der Waals surface area contributed by atoms with Gasteiger partial charge in [-0.15, -0.1) is 0 Å². The van der Waals surface area contributed by atoms with Crippen LogP contribution >= 0.6 is 0 Å². The van der Waals surface area contributed by atoms with E-state index in [1.807, 2.05) is 66.7 Å². The molecular weight excluding hydrogens is 452 g/mol. The minimum Gasteiger partial charge on any atom is -0.405 e. The van der Waals surface area contributed by atoms with Crippen LogP contribution in [0.2, 0.25) is 5.04 Å². The lowest BCUT2D eigenvalue weighted by atomic mass is 10.0. The number of ether oxygens (including phenoxy) is 1. The van der Waals surface area contributed by atoms with Gasteiger partial charge in [0.2, 0.25) is 0 Å². The Hall–Kier alpha value is -2.54. The van der Waals surface area contributed by atoms with Crippen LogP contribution in [0.3, 0.4) is 0 Å². The van der Waals surface area contributed by atoms with E-state index in [1.165, 1.54) is 0 Å². The molecule has 0 spiro atoms. The summed E-state index contributed by atoms with van der Waals surface area (Å²) < 4.78 is 12.9. The first-order chi connectivity index (χ1) is 16.7. The van der Waals surface area contributed by atoms with Crippen LogP contribution in [0.1, 0.15) is 33.3 Å². The molecule has 3 rings (SSSR count). The van der Waals surface area contributed by atoms with E-state index in [9.17, 15) is 10.2 Å². The van der Waals surface area contributed by atoms with Gasteiger partial charge in [-0.25, -0.2) is 0 Å². The standard InChI is InChI=1S/C30H38O4Si/c1-23(2)28(32)29(33-21-24-15-9-6-10-16-24)27(31)22-34-35(30(3,4)5,25-17-11-7-12-18-25)26-19-13-8-14-20-26/h6-20,27-29,31-32H,1,21-22H2,2-5H3/t27-,28+,29-/m0/s1. The van der Waals surface area contributed by atoms with Gasteiger partial charge >= 0.3 is 0 Å². The Morgan fingerprint density at radius 2 is 1.29 bits per heavy atom. The van der Waals surface area contributed by atoms with E-state index < -0.39 is 26.6 Å². The molecule has 0 amide bonds. The number of hydrogen-bond donors (Lipinski definition) is 2. The van der Waals surface area contributed by atoms with Crippen LogP contribution < -0.4 is 10.4 Å². The summed E-state index contributed by atoms with van der Waals surface area (Å²) in [5, 5.41) is 24.2. The summed E-state index contributed by atoms with van der Waals surface area (Å²) in [6, 6.07) is 30.3. The van der Waals surface area contributed by atoms with Crippen LogP contribution in [0.5, 0.6) is 0 Å². The van der Waals surface area contributed by atoms with Crippen molar-refractivity contribution in [1.29, 1.82) is 0 Å². The lowest BCUT2D eigenvalue weighted by Gasteiger charge is -2.44. The Kier molecular flexibility index (Phi) is 9.22. The highest BCUT2D eigenvalue weighted by atomic mass is 28.4. The summed E-state index contributed by atoms with van der Waals surface area (Å²) in [6.45, 7) is 12.5. The predicted molar refractivity (Wildman–Crippen MR) is 145 cm³/mol. The minimum absolute atomic E-state index is 0.0249. The molecule has 0 unspecified atom stereocenters. The molecule has 3 atom stereocenters. The fourth-order valence-electron chi connectivity index (χ4n) is 4.53. The van der Waals surface area contributed by atoms with Crippen molar-refractivity contribution in [3.05, 3.63) is 109 Å². The average molecular weight is 491 g/mol. The monoisotopic (exact) mass is 490 g/mol. The third-order valence-electron chi connectivity index (χ3n) is 6.37. The van der Waals surface area contributed by atoms with Crippen LogP contribution in [0.4, 0.5) is 0 Å². The molecule has 4 nitrogen and oxygen atoms in total. The summed E-state index contributed by atoms with van der Waals surface area (Å²) in [6.07, 6.45) is -2.94. The average Bonchev–Trinajstić information content (AvgIpc) is 2.85. The lowest BCUT2D eigenvalue weighted by molar-refractivity contribution is -0.106. The fraction of sp³-hybridized carbons (Fsp3) is 0.333. The summed E-state index contributed by atoms with van der Waals surface area (Å²) in [5.74, 6) is 0. The SMILES string of the molecule is C=C(C)[C@@H](O)[C@@H](OCc1ccccc1)[C@@H](O)CO[Si](c1ccccc1)(c1ccccc1)C(C)(C)C. The minimum atomic E-state index is -2.83. The van der Waals surface area contributed by atoms with Crippen LogP contribution in [-0.4, -0.2) is 43.4 Å². The molecule has 0 fully saturated rings. The number of aliphatic hydroxyl groups is 2. The van der Waals surface area contributed by atoms with E-state index in [-0.39, 0.29) is 18.3 Å². The third-order valence-corrected chi connectivity index (χ3v) is 11.4. The summed E-state index contributed by atoms with van der Waals surface area (Å²) in [4.78, 5) is 0. The first-order valence-corrected chi connectivity index (χ1v) is 14.0. The van der Waals surface area contributed by atoms with E-state index in [1.54, 1.807) is 6.92 Å². The number of aliphatic hydroxyl groups excluding tert-OH is 2. The smallest absolute Gasteiger partial charge is 0.261 e. The molecule has 3 aromatic carbocycles. The van der Waals surface area contributed by atoms with Crippen molar-refractivity contribution in [2.24, 2.45) is 0 Å². The van der Waals surface area contributed by atoms with E-state index in [2.05, 4.69) is 51.6 Å². The van der Waals surface area contributed by atoms with Gasteiger partial charge in [0.05, 0.1) is 13.2 Å². The molecular formula is C30H38O4Si.